The molecule has 1 heterocycles. The Bertz CT molecular complexity index is 450. The van der Waals surface area contributed by atoms with Crippen LogP contribution in [0.25, 0.3) is 0 Å². The molecule has 1 saturated carbocycles. The highest BCUT2D eigenvalue weighted by atomic mass is 16.2. The maximum Gasteiger partial charge on any atom is 0.237 e. The summed E-state index contributed by atoms with van der Waals surface area (Å²) in [6.07, 6.45) is 4.18. The number of aromatic amines is 1. The molecule has 1 fully saturated rings. The molecular formula is C14H22N4O. The molecule has 5 heteroatoms. The number of H-pyrrole nitrogens is 1. The Morgan fingerprint density at radius 1 is 1.74 bits per heavy atom. The van der Waals surface area contributed by atoms with E-state index in [1.165, 1.54) is 12.8 Å². The molecule has 1 aromatic rings. The molecular weight excluding hydrogens is 240 g/mol. The van der Waals surface area contributed by atoms with E-state index in [2.05, 4.69) is 28.2 Å². The average Bonchev–Trinajstić information content (AvgIpc) is 3.16. The summed E-state index contributed by atoms with van der Waals surface area (Å²) in [6.45, 7) is 6.69. The van der Waals surface area contributed by atoms with Gasteiger partial charge in [0.25, 0.3) is 0 Å². The van der Waals surface area contributed by atoms with Gasteiger partial charge in [0.1, 0.15) is 0 Å². The van der Waals surface area contributed by atoms with Crippen molar-refractivity contribution in [2.45, 2.75) is 38.3 Å². The van der Waals surface area contributed by atoms with Crippen molar-refractivity contribution in [3.05, 3.63) is 30.1 Å². The van der Waals surface area contributed by atoms with Crippen LogP contribution in [0.15, 0.2) is 18.7 Å². The third-order valence-corrected chi connectivity index (χ3v) is 3.53. The first kappa shape index (κ1) is 13.8. The lowest BCUT2D eigenvalue weighted by Crippen LogP contribution is -2.42. The van der Waals surface area contributed by atoms with E-state index in [1.807, 2.05) is 18.9 Å². The van der Waals surface area contributed by atoms with Crippen LogP contribution in [0, 0.1) is 0 Å². The van der Waals surface area contributed by atoms with Crippen LogP contribution >= 0.6 is 0 Å². The molecule has 1 unspecified atom stereocenters. The summed E-state index contributed by atoms with van der Waals surface area (Å²) in [5, 5.41) is 10.2. The van der Waals surface area contributed by atoms with Gasteiger partial charge >= 0.3 is 0 Å². The molecule has 19 heavy (non-hydrogen) atoms. The predicted octanol–water partition coefficient (Wildman–Crippen LogP) is 1.41. The third-order valence-electron chi connectivity index (χ3n) is 3.53. The minimum Gasteiger partial charge on any atom is -0.351 e. The van der Waals surface area contributed by atoms with Crippen molar-refractivity contribution in [2.75, 3.05) is 13.6 Å². The van der Waals surface area contributed by atoms with Crippen LogP contribution in [-0.4, -0.2) is 40.6 Å². The lowest BCUT2D eigenvalue weighted by molar-refractivity contribution is -0.125. The van der Waals surface area contributed by atoms with Crippen LogP contribution in [0.1, 0.15) is 37.1 Å². The summed E-state index contributed by atoms with van der Waals surface area (Å²) in [5.41, 5.74) is 2.22. The summed E-state index contributed by atoms with van der Waals surface area (Å²) < 4.78 is 0. The highest BCUT2D eigenvalue weighted by Crippen LogP contribution is 2.39. The average molecular weight is 262 g/mol. The van der Waals surface area contributed by atoms with Crippen molar-refractivity contribution >= 4 is 5.91 Å². The molecule has 0 saturated heterocycles. The first-order chi connectivity index (χ1) is 9.11. The number of carbonyl (C=O) groups excluding carboxylic acids is 1. The fourth-order valence-corrected chi connectivity index (χ4v) is 1.97. The zero-order valence-electron chi connectivity index (χ0n) is 11.6. The molecule has 1 atom stereocenters. The van der Waals surface area contributed by atoms with Crippen molar-refractivity contribution in [3.8, 4) is 0 Å². The molecule has 1 amide bonds. The summed E-state index contributed by atoms with van der Waals surface area (Å²) in [7, 11) is 1.94. The molecule has 0 spiro atoms. The minimum atomic E-state index is -0.173. The van der Waals surface area contributed by atoms with Crippen molar-refractivity contribution < 1.29 is 4.79 Å². The van der Waals surface area contributed by atoms with Crippen LogP contribution in [0.5, 0.6) is 0 Å². The molecule has 0 aromatic carbocycles. The molecule has 0 radical (unpaired) electrons. The van der Waals surface area contributed by atoms with E-state index in [-0.39, 0.29) is 11.9 Å². The second-order valence-electron chi connectivity index (χ2n) is 5.22. The van der Waals surface area contributed by atoms with Gasteiger partial charge in [-0.1, -0.05) is 6.08 Å². The number of hydrogen-bond acceptors (Lipinski definition) is 3. The van der Waals surface area contributed by atoms with Gasteiger partial charge in [0.2, 0.25) is 5.91 Å². The standard InChI is InChI=1S/C14H22N4O/c1-4-7-15-14(19)10(2)18(3)9-12-8-13(17-16-12)11-5-6-11/h4,8,10-11H,1,5-7,9H2,2-3H3,(H,15,19)(H,16,17). The van der Waals surface area contributed by atoms with Crippen LogP contribution < -0.4 is 5.32 Å². The Labute approximate surface area is 114 Å². The largest absolute Gasteiger partial charge is 0.351 e. The Morgan fingerprint density at radius 3 is 3.11 bits per heavy atom. The van der Waals surface area contributed by atoms with Gasteiger partial charge in [-0.05, 0) is 32.9 Å². The maximum absolute atomic E-state index is 11.8. The molecule has 2 N–H and O–H groups in total. The predicted molar refractivity (Wildman–Crippen MR) is 74.7 cm³/mol. The van der Waals surface area contributed by atoms with E-state index in [9.17, 15) is 4.79 Å². The van der Waals surface area contributed by atoms with Crippen LogP contribution in [-0.2, 0) is 11.3 Å². The Morgan fingerprint density at radius 2 is 2.47 bits per heavy atom. The van der Waals surface area contributed by atoms with E-state index in [1.54, 1.807) is 6.08 Å². The highest BCUT2D eigenvalue weighted by Gasteiger charge is 2.26. The first-order valence-electron chi connectivity index (χ1n) is 6.75. The fourth-order valence-electron chi connectivity index (χ4n) is 1.97. The molecule has 2 rings (SSSR count). The summed E-state index contributed by atoms with van der Waals surface area (Å²) >= 11 is 0. The topological polar surface area (TPSA) is 61.0 Å². The number of carbonyl (C=O) groups is 1. The number of amides is 1. The van der Waals surface area contributed by atoms with Crippen LogP contribution in [0.2, 0.25) is 0 Å². The number of likely N-dealkylation sites (N-methyl/N-ethyl adjacent to an activating group) is 1. The smallest absolute Gasteiger partial charge is 0.237 e. The van der Waals surface area contributed by atoms with E-state index < -0.39 is 0 Å². The third kappa shape index (κ3) is 3.67. The number of nitrogens with one attached hydrogen (secondary N) is 2. The number of aromatic nitrogens is 2. The molecule has 1 aromatic heterocycles. The van der Waals surface area contributed by atoms with Gasteiger partial charge in [-0.25, -0.2) is 0 Å². The van der Waals surface area contributed by atoms with Gasteiger partial charge in [-0.3, -0.25) is 14.8 Å². The Balaban J connectivity index is 1.85. The second-order valence-corrected chi connectivity index (χ2v) is 5.22. The van der Waals surface area contributed by atoms with Crippen LogP contribution in [0.3, 0.4) is 0 Å². The van der Waals surface area contributed by atoms with Gasteiger partial charge in [0.05, 0.1) is 11.7 Å². The SMILES string of the molecule is C=CCNC(=O)C(C)N(C)Cc1cc(C2CC2)n[nH]1. The summed E-state index contributed by atoms with van der Waals surface area (Å²) in [6, 6.07) is 1.94. The zero-order chi connectivity index (χ0) is 13.8. The highest BCUT2D eigenvalue weighted by molar-refractivity contribution is 5.81. The van der Waals surface area contributed by atoms with Crippen molar-refractivity contribution in [2.24, 2.45) is 0 Å². The minimum absolute atomic E-state index is 0.0179. The van der Waals surface area contributed by atoms with E-state index in [0.717, 1.165) is 11.4 Å². The molecule has 0 aliphatic heterocycles. The lowest BCUT2D eigenvalue weighted by Gasteiger charge is -2.22. The first-order valence-corrected chi connectivity index (χ1v) is 6.75. The van der Waals surface area contributed by atoms with Crippen LogP contribution in [0.4, 0.5) is 0 Å². The van der Waals surface area contributed by atoms with Crippen molar-refractivity contribution in [3.63, 3.8) is 0 Å². The molecule has 0 bridgehead atoms. The van der Waals surface area contributed by atoms with Crippen molar-refractivity contribution in [1.29, 1.82) is 0 Å². The van der Waals surface area contributed by atoms with Crippen molar-refractivity contribution in [1.82, 2.24) is 20.4 Å². The van der Waals surface area contributed by atoms with E-state index >= 15 is 0 Å². The Kier molecular flexibility index (Phi) is 4.37. The molecule has 1 aliphatic carbocycles. The van der Waals surface area contributed by atoms with Gasteiger partial charge in [0, 0.05) is 24.7 Å². The molecule has 1 aliphatic rings. The van der Waals surface area contributed by atoms with Gasteiger partial charge in [-0.15, -0.1) is 6.58 Å². The van der Waals surface area contributed by atoms with Gasteiger partial charge in [0.15, 0.2) is 0 Å². The zero-order valence-corrected chi connectivity index (χ0v) is 11.6. The van der Waals surface area contributed by atoms with Gasteiger partial charge in [-0.2, -0.15) is 5.10 Å². The molecule has 5 nitrogen and oxygen atoms in total. The lowest BCUT2D eigenvalue weighted by atomic mass is 10.2. The second kappa shape index (κ2) is 6.02. The quantitative estimate of drug-likeness (QED) is 0.730. The van der Waals surface area contributed by atoms with E-state index in [4.69, 9.17) is 0 Å². The number of nitrogens with zero attached hydrogens (tertiary/aromatic N) is 2. The number of hydrogen-bond donors (Lipinski definition) is 2. The maximum atomic E-state index is 11.8. The normalized spacial score (nSPS) is 16.4. The van der Waals surface area contributed by atoms with Gasteiger partial charge < -0.3 is 5.32 Å². The monoisotopic (exact) mass is 262 g/mol. The Hall–Kier alpha value is -1.62. The number of rotatable bonds is 7. The summed E-state index contributed by atoms with van der Waals surface area (Å²) in [5.74, 6) is 0.674. The summed E-state index contributed by atoms with van der Waals surface area (Å²) in [4.78, 5) is 13.8. The molecule has 104 valence electrons. The van der Waals surface area contributed by atoms with E-state index in [0.29, 0.717) is 19.0 Å². The fraction of sp³-hybridized carbons (Fsp3) is 0.571.